The molecule has 0 atom stereocenters. The number of nitro groups is 1. The van der Waals surface area contributed by atoms with E-state index in [1.165, 1.54) is 12.1 Å². The van der Waals surface area contributed by atoms with Gasteiger partial charge in [0.1, 0.15) is 0 Å². The van der Waals surface area contributed by atoms with E-state index in [0.717, 1.165) is 5.52 Å². The van der Waals surface area contributed by atoms with Gasteiger partial charge in [-0.2, -0.15) is 0 Å². The van der Waals surface area contributed by atoms with Gasteiger partial charge in [-0.1, -0.05) is 6.07 Å². The highest BCUT2D eigenvalue weighted by Crippen LogP contribution is 2.32. The second-order valence-corrected chi connectivity index (χ2v) is 4.74. The van der Waals surface area contributed by atoms with Crippen molar-refractivity contribution in [1.82, 2.24) is 9.97 Å². The van der Waals surface area contributed by atoms with Crippen LogP contribution < -0.4 is 14.8 Å². The lowest BCUT2D eigenvalue weighted by molar-refractivity contribution is -0.384. The molecule has 0 saturated heterocycles. The lowest BCUT2D eigenvalue weighted by Crippen LogP contribution is -1.94. The van der Waals surface area contributed by atoms with Crippen LogP contribution in [-0.2, 0) is 0 Å². The number of methoxy groups -OCH3 is 2. The maximum Gasteiger partial charge on any atom is 0.271 e. The summed E-state index contributed by atoms with van der Waals surface area (Å²) in [5, 5.41) is 13.8. The molecule has 0 aliphatic carbocycles. The van der Waals surface area contributed by atoms with Gasteiger partial charge < -0.3 is 19.8 Å². The first-order chi connectivity index (χ1) is 11.1. The number of hydrogen-bond donors (Lipinski definition) is 2. The summed E-state index contributed by atoms with van der Waals surface area (Å²) < 4.78 is 10.5. The molecule has 2 aromatic carbocycles. The van der Waals surface area contributed by atoms with Crippen LogP contribution in [0.15, 0.2) is 36.4 Å². The van der Waals surface area contributed by atoms with Gasteiger partial charge in [0.15, 0.2) is 11.5 Å². The standard InChI is InChI=1S/C15H14N4O4/c1-22-13-7-11-12(8-14(13)23-2)18-15(17-11)16-9-4-3-5-10(6-9)19(20)21/h3-8H,1-2H3,(H2,16,17,18). The van der Waals surface area contributed by atoms with Gasteiger partial charge in [0.2, 0.25) is 5.95 Å². The summed E-state index contributed by atoms with van der Waals surface area (Å²) in [5.74, 6) is 1.63. The lowest BCUT2D eigenvalue weighted by atomic mass is 10.3. The second kappa shape index (κ2) is 5.84. The van der Waals surface area contributed by atoms with Crippen LogP contribution in [0, 0.1) is 10.1 Å². The zero-order valence-electron chi connectivity index (χ0n) is 12.5. The zero-order valence-corrected chi connectivity index (χ0v) is 12.5. The average Bonchev–Trinajstić information content (AvgIpc) is 2.94. The molecule has 0 aliphatic heterocycles. The van der Waals surface area contributed by atoms with Crippen molar-refractivity contribution in [3.63, 3.8) is 0 Å². The van der Waals surface area contributed by atoms with Crippen LogP contribution in [0.1, 0.15) is 0 Å². The summed E-state index contributed by atoms with van der Waals surface area (Å²) in [4.78, 5) is 17.9. The molecule has 0 fully saturated rings. The number of hydrogen-bond acceptors (Lipinski definition) is 6. The van der Waals surface area contributed by atoms with Gasteiger partial charge in [-0.25, -0.2) is 4.98 Å². The third-order valence-electron chi connectivity index (χ3n) is 3.31. The molecule has 2 N–H and O–H groups in total. The predicted octanol–water partition coefficient (Wildman–Crippen LogP) is 3.23. The third-order valence-corrected chi connectivity index (χ3v) is 3.31. The molecule has 1 heterocycles. The van der Waals surface area contributed by atoms with Crippen LogP contribution in [0.2, 0.25) is 0 Å². The lowest BCUT2D eigenvalue weighted by Gasteiger charge is -2.06. The number of H-pyrrole nitrogens is 1. The number of benzene rings is 2. The maximum atomic E-state index is 10.8. The highest BCUT2D eigenvalue weighted by molar-refractivity contribution is 5.82. The van der Waals surface area contributed by atoms with Crippen LogP contribution in [0.3, 0.4) is 0 Å². The van der Waals surface area contributed by atoms with Crippen LogP contribution in [0.25, 0.3) is 11.0 Å². The minimum absolute atomic E-state index is 0.00875. The highest BCUT2D eigenvalue weighted by Gasteiger charge is 2.11. The van der Waals surface area contributed by atoms with E-state index in [2.05, 4.69) is 15.3 Å². The number of nitro benzene ring substituents is 1. The molecule has 0 saturated carbocycles. The van der Waals surface area contributed by atoms with Crippen LogP contribution in [-0.4, -0.2) is 29.1 Å². The van der Waals surface area contributed by atoms with Crippen molar-refractivity contribution in [2.45, 2.75) is 0 Å². The highest BCUT2D eigenvalue weighted by atomic mass is 16.6. The second-order valence-electron chi connectivity index (χ2n) is 4.74. The molecule has 0 amide bonds. The molecule has 0 radical (unpaired) electrons. The third kappa shape index (κ3) is 2.86. The van der Waals surface area contributed by atoms with Crippen molar-refractivity contribution in [3.05, 3.63) is 46.5 Å². The smallest absolute Gasteiger partial charge is 0.271 e. The van der Waals surface area contributed by atoms with E-state index in [9.17, 15) is 10.1 Å². The van der Waals surface area contributed by atoms with Gasteiger partial charge in [-0.3, -0.25) is 10.1 Å². The van der Waals surface area contributed by atoms with E-state index in [0.29, 0.717) is 28.7 Å². The number of non-ortho nitro benzene ring substituents is 1. The molecular formula is C15H14N4O4. The number of ether oxygens (including phenoxy) is 2. The SMILES string of the molecule is COc1cc2nc(Nc3cccc([N+](=O)[O-])c3)[nH]c2cc1OC. The Balaban J connectivity index is 1.94. The molecule has 0 aliphatic rings. The zero-order chi connectivity index (χ0) is 16.4. The Hall–Kier alpha value is -3.29. The van der Waals surface area contributed by atoms with Crippen molar-refractivity contribution < 1.29 is 14.4 Å². The number of aromatic nitrogens is 2. The average molecular weight is 314 g/mol. The van der Waals surface area contributed by atoms with Crippen LogP contribution in [0.5, 0.6) is 11.5 Å². The topological polar surface area (TPSA) is 102 Å². The van der Waals surface area contributed by atoms with Crippen LogP contribution in [0.4, 0.5) is 17.3 Å². The molecule has 3 aromatic rings. The predicted molar refractivity (Wildman–Crippen MR) is 85.6 cm³/mol. The van der Waals surface area contributed by atoms with Gasteiger partial charge in [0.25, 0.3) is 5.69 Å². The Labute approximate surface area is 131 Å². The van der Waals surface area contributed by atoms with Crippen molar-refractivity contribution in [2.75, 3.05) is 19.5 Å². The summed E-state index contributed by atoms with van der Waals surface area (Å²) in [6.07, 6.45) is 0. The summed E-state index contributed by atoms with van der Waals surface area (Å²) in [7, 11) is 3.11. The Bertz CT molecular complexity index is 834. The van der Waals surface area contributed by atoms with E-state index in [-0.39, 0.29) is 5.69 Å². The fourth-order valence-corrected chi connectivity index (χ4v) is 2.23. The van der Waals surface area contributed by atoms with E-state index >= 15 is 0 Å². The van der Waals surface area contributed by atoms with Gasteiger partial charge >= 0.3 is 0 Å². The quantitative estimate of drug-likeness (QED) is 0.553. The van der Waals surface area contributed by atoms with Crippen molar-refractivity contribution in [3.8, 4) is 11.5 Å². The molecule has 0 spiro atoms. The Morgan fingerprint density at radius 3 is 2.61 bits per heavy atom. The van der Waals surface area contributed by atoms with Gasteiger partial charge in [-0.15, -0.1) is 0 Å². The van der Waals surface area contributed by atoms with E-state index in [4.69, 9.17) is 9.47 Å². The van der Waals surface area contributed by atoms with Crippen LogP contribution >= 0.6 is 0 Å². The largest absolute Gasteiger partial charge is 0.493 e. The first-order valence-electron chi connectivity index (χ1n) is 6.74. The number of fused-ring (bicyclic) bond motifs is 1. The first kappa shape index (κ1) is 14.6. The van der Waals surface area contributed by atoms with E-state index in [1.54, 1.807) is 38.5 Å². The Kier molecular flexibility index (Phi) is 3.71. The fourth-order valence-electron chi connectivity index (χ4n) is 2.23. The first-order valence-corrected chi connectivity index (χ1v) is 6.74. The number of aromatic amines is 1. The van der Waals surface area contributed by atoms with Crippen molar-refractivity contribution >= 4 is 28.4 Å². The minimum atomic E-state index is -0.445. The van der Waals surface area contributed by atoms with E-state index < -0.39 is 4.92 Å². The maximum absolute atomic E-state index is 10.8. The molecule has 0 unspecified atom stereocenters. The molecule has 23 heavy (non-hydrogen) atoms. The number of nitrogens with one attached hydrogen (secondary N) is 2. The molecule has 0 bridgehead atoms. The molecule has 8 nitrogen and oxygen atoms in total. The number of anilines is 2. The molecule has 8 heteroatoms. The molecule has 118 valence electrons. The van der Waals surface area contributed by atoms with Gasteiger partial charge in [0, 0.05) is 30.0 Å². The van der Waals surface area contributed by atoms with Crippen molar-refractivity contribution in [1.29, 1.82) is 0 Å². The Morgan fingerprint density at radius 1 is 1.17 bits per heavy atom. The minimum Gasteiger partial charge on any atom is -0.493 e. The number of imidazole rings is 1. The number of nitrogens with zero attached hydrogens (tertiary/aromatic N) is 2. The fraction of sp³-hybridized carbons (Fsp3) is 0.133. The summed E-state index contributed by atoms with van der Waals surface area (Å²) in [6, 6.07) is 9.73. The Morgan fingerprint density at radius 2 is 1.91 bits per heavy atom. The van der Waals surface area contributed by atoms with Crippen molar-refractivity contribution in [2.24, 2.45) is 0 Å². The summed E-state index contributed by atoms with van der Waals surface area (Å²) in [5.41, 5.74) is 2.03. The molecule has 1 aromatic heterocycles. The molecule has 3 rings (SSSR count). The van der Waals surface area contributed by atoms with Gasteiger partial charge in [0.05, 0.1) is 30.2 Å². The normalized spacial score (nSPS) is 10.5. The summed E-state index contributed by atoms with van der Waals surface area (Å²) >= 11 is 0. The number of rotatable bonds is 5. The molecular weight excluding hydrogens is 300 g/mol. The summed E-state index contributed by atoms with van der Waals surface area (Å²) in [6.45, 7) is 0. The van der Waals surface area contributed by atoms with E-state index in [1.807, 2.05) is 0 Å². The monoisotopic (exact) mass is 314 g/mol. The van der Waals surface area contributed by atoms with Gasteiger partial charge in [-0.05, 0) is 6.07 Å².